The van der Waals surface area contributed by atoms with Crippen molar-refractivity contribution in [2.24, 2.45) is 5.92 Å². The van der Waals surface area contributed by atoms with E-state index in [0.29, 0.717) is 5.92 Å². The predicted molar refractivity (Wildman–Crippen MR) is 79.4 cm³/mol. The fourth-order valence-corrected chi connectivity index (χ4v) is 3.39. The van der Waals surface area contributed by atoms with E-state index in [0.717, 1.165) is 6.42 Å². The SMILES string of the molecule is CCC(C)C(Cl)c1ccc2c3c(cccc13)CC2. The lowest BCUT2D eigenvalue weighted by molar-refractivity contribution is 0.544. The van der Waals surface area contributed by atoms with E-state index in [9.17, 15) is 0 Å². The molecule has 0 amide bonds. The van der Waals surface area contributed by atoms with Crippen LogP contribution in [0.3, 0.4) is 0 Å². The number of halogens is 1. The van der Waals surface area contributed by atoms with Gasteiger partial charge in [0.05, 0.1) is 5.38 Å². The van der Waals surface area contributed by atoms with Gasteiger partial charge in [-0.25, -0.2) is 0 Å². The smallest absolute Gasteiger partial charge is 0.0616 e. The molecule has 0 saturated carbocycles. The summed E-state index contributed by atoms with van der Waals surface area (Å²) in [4.78, 5) is 0. The van der Waals surface area contributed by atoms with Crippen molar-refractivity contribution in [2.45, 2.75) is 38.5 Å². The lowest BCUT2D eigenvalue weighted by atomic mass is 9.92. The van der Waals surface area contributed by atoms with Gasteiger partial charge in [0.15, 0.2) is 0 Å². The molecule has 0 aromatic heterocycles. The van der Waals surface area contributed by atoms with Crippen molar-refractivity contribution >= 4 is 22.4 Å². The van der Waals surface area contributed by atoms with Gasteiger partial charge in [-0.05, 0) is 46.2 Å². The molecule has 0 N–H and O–H groups in total. The van der Waals surface area contributed by atoms with Crippen LogP contribution in [0.2, 0.25) is 0 Å². The fourth-order valence-electron chi connectivity index (χ4n) is 3.02. The summed E-state index contributed by atoms with van der Waals surface area (Å²) in [5.74, 6) is 0.519. The highest BCUT2D eigenvalue weighted by Crippen LogP contribution is 2.39. The Balaban J connectivity index is 2.20. The number of benzene rings is 2. The highest BCUT2D eigenvalue weighted by atomic mass is 35.5. The quantitative estimate of drug-likeness (QED) is 0.659. The van der Waals surface area contributed by atoms with E-state index in [1.54, 1.807) is 0 Å². The van der Waals surface area contributed by atoms with E-state index >= 15 is 0 Å². The van der Waals surface area contributed by atoms with Gasteiger partial charge in [0.2, 0.25) is 0 Å². The summed E-state index contributed by atoms with van der Waals surface area (Å²) in [6.45, 7) is 4.45. The molecule has 1 aliphatic rings. The second-order valence-corrected chi connectivity index (χ2v) is 5.91. The van der Waals surface area contributed by atoms with E-state index in [1.807, 2.05) is 0 Å². The van der Waals surface area contributed by atoms with Gasteiger partial charge in [0, 0.05) is 0 Å². The third-order valence-electron chi connectivity index (χ3n) is 4.35. The van der Waals surface area contributed by atoms with Crippen molar-refractivity contribution in [1.82, 2.24) is 0 Å². The normalized spacial score (nSPS) is 17.1. The van der Waals surface area contributed by atoms with E-state index in [4.69, 9.17) is 11.6 Å². The maximum atomic E-state index is 6.66. The van der Waals surface area contributed by atoms with Crippen LogP contribution in [0.15, 0.2) is 30.3 Å². The standard InChI is InChI=1S/C17H19Cl/c1-3-11(2)17(18)15-10-9-13-8-7-12-5-4-6-14(15)16(12)13/h4-6,9-11,17H,3,7-8H2,1-2H3. The van der Waals surface area contributed by atoms with Crippen molar-refractivity contribution in [3.05, 3.63) is 47.0 Å². The first-order valence-electron chi connectivity index (χ1n) is 6.89. The maximum absolute atomic E-state index is 6.66. The van der Waals surface area contributed by atoms with Gasteiger partial charge >= 0.3 is 0 Å². The number of hydrogen-bond acceptors (Lipinski definition) is 0. The number of rotatable bonds is 3. The minimum atomic E-state index is 0.125. The van der Waals surface area contributed by atoms with Crippen LogP contribution in [0.4, 0.5) is 0 Å². The summed E-state index contributed by atoms with van der Waals surface area (Å²) in [6, 6.07) is 11.2. The van der Waals surface area contributed by atoms with Crippen molar-refractivity contribution in [2.75, 3.05) is 0 Å². The zero-order valence-electron chi connectivity index (χ0n) is 11.0. The molecule has 2 atom stereocenters. The van der Waals surface area contributed by atoms with Crippen LogP contribution >= 0.6 is 11.6 Å². The summed E-state index contributed by atoms with van der Waals surface area (Å²) in [5.41, 5.74) is 4.31. The molecule has 0 saturated heterocycles. The first kappa shape index (κ1) is 12.0. The molecular weight excluding hydrogens is 240 g/mol. The Morgan fingerprint density at radius 3 is 2.56 bits per heavy atom. The average Bonchev–Trinajstić information content (AvgIpc) is 2.83. The van der Waals surface area contributed by atoms with Crippen LogP contribution in [0.1, 0.15) is 42.3 Å². The van der Waals surface area contributed by atoms with Gasteiger partial charge in [-0.1, -0.05) is 50.6 Å². The van der Waals surface area contributed by atoms with Crippen molar-refractivity contribution in [1.29, 1.82) is 0 Å². The van der Waals surface area contributed by atoms with Gasteiger partial charge in [0.1, 0.15) is 0 Å². The summed E-state index contributed by atoms with van der Waals surface area (Å²) in [5, 5.41) is 2.98. The molecule has 0 nitrogen and oxygen atoms in total. The molecule has 1 heteroatoms. The minimum Gasteiger partial charge on any atom is -0.118 e. The highest BCUT2D eigenvalue weighted by Gasteiger charge is 2.21. The highest BCUT2D eigenvalue weighted by molar-refractivity contribution is 6.22. The Labute approximate surface area is 114 Å². The third kappa shape index (κ3) is 1.75. The summed E-state index contributed by atoms with van der Waals surface area (Å²) in [7, 11) is 0. The molecule has 2 aromatic carbocycles. The molecular formula is C17H19Cl. The van der Waals surface area contributed by atoms with E-state index in [-0.39, 0.29) is 5.38 Å². The van der Waals surface area contributed by atoms with E-state index < -0.39 is 0 Å². The Bertz CT molecular complexity index is 575. The Morgan fingerprint density at radius 2 is 1.83 bits per heavy atom. The van der Waals surface area contributed by atoms with E-state index in [1.165, 1.54) is 40.3 Å². The Hall–Kier alpha value is -1.01. The zero-order valence-corrected chi connectivity index (χ0v) is 11.8. The van der Waals surface area contributed by atoms with E-state index in [2.05, 4.69) is 44.2 Å². The Kier molecular flexibility index (Phi) is 3.07. The largest absolute Gasteiger partial charge is 0.118 e. The third-order valence-corrected chi connectivity index (χ3v) is 5.02. The van der Waals surface area contributed by atoms with Crippen LogP contribution in [0.25, 0.3) is 10.8 Å². The topological polar surface area (TPSA) is 0 Å². The molecule has 0 aliphatic heterocycles. The lowest BCUT2D eigenvalue weighted by Gasteiger charge is -2.19. The molecule has 0 radical (unpaired) electrons. The molecule has 0 bridgehead atoms. The van der Waals surface area contributed by atoms with Gasteiger partial charge in [0.25, 0.3) is 0 Å². The second-order valence-electron chi connectivity index (χ2n) is 5.44. The Morgan fingerprint density at radius 1 is 1.11 bits per heavy atom. The fraction of sp³-hybridized carbons (Fsp3) is 0.412. The van der Waals surface area contributed by atoms with Crippen LogP contribution < -0.4 is 0 Å². The van der Waals surface area contributed by atoms with Gasteiger partial charge in [-0.3, -0.25) is 0 Å². The van der Waals surface area contributed by atoms with Gasteiger partial charge < -0.3 is 0 Å². The summed E-state index contributed by atoms with van der Waals surface area (Å²) >= 11 is 6.66. The number of hydrogen-bond donors (Lipinski definition) is 0. The minimum absolute atomic E-state index is 0.125. The molecule has 18 heavy (non-hydrogen) atoms. The molecule has 0 spiro atoms. The van der Waals surface area contributed by atoms with Gasteiger partial charge in [-0.2, -0.15) is 0 Å². The van der Waals surface area contributed by atoms with Crippen LogP contribution in [0, 0.1) is 5.92 Å². The zero-order chi connectivity index (χ0) is 12.7. The first-order valence-corrected chi connectivity index (χ1v) is 7.33. The number of aryl methyl sites for hydroxylation is 2. The second kappa shape index (κ2) is 4.59. The van der Waals surface area contributed by atoms with Crippen LogP contribution in [-0.2, 0) is 12.8 Å². The maximum Gasteiger partial charge on any atom is 0.0616 e. The van der Waals surface area contributed by atoms with Crippen LogP contribution in [-0.4, -0.2) is 0 Å². The van der Waals surface area contributed by atoms with Crippen LogP contribution in [0.5, 0.6) is 0 Å². The molecule has 0 heterocycles. The predicted octanol–water partition coefficient (Wildman–Crippen LogP) is 5.26. The molecule has 94 valence electrons. The summed E-state index contributed by atoms with van der Waals surface area (Å²) < 4.78 is 0. The molecule has 3 rings (SSSR count). The molecule has 2 aromatic rings. The summed E-state index contributed by atoms with van der Waals surface area (Å²) in [6.07, 6.45) is 3.50. The van der Waals surface area contributed by atoms with Crippen molar-refractivity contribution in [3.63, 3.8) is 0 Å². The van der Waals surface area contributed by atoms with Crippen molar-refractivity contribution in [3.8, 4) is 0 Å². The van der Waals surface area contributed by atoms with Gasteiger partial charge in [-0.15, -0.1) is 11.6 Å². The number of alkyl halides is 1. The monoisotopic (exact) mass is 258 g/mol. The van der Waals surface area contributed by atoms with Crippen molar-refractivity contribution < 1.29 is 0 Å². The lowest BCUT2D eigenvalue weighted by Crippen LogP contribution is -2.03. The molecule has 2 unspecified atom stereocenters. The first-order chi connectivity index (χ1) is 8.72. The average molecular weight is 259 g/mol. The molecule has 0 fully saturated rings. The molecule has 1 aliphatic carbocycles.